The lowest BCUT2D eigenvalue weighted by Gasteiger charge is -2.26. The summed E-state index contributed by atoms with van der Waals surface area (Å²) >= 11 is 0. The van der Waals surface area contributed by atoms with E-state index in [4.69, 9.17) is 0 Å². The van der Waals surface area contributed by atoms with E-state index in [0.717, 1.165) is 17.0 Å². The highest BCUT2D eigenvalue weighted by Gasteiger charge is 2.29. The topological polar surface area (TPSA) is 42.2 Å². The summed E-state index contributed by atoms with van der Waals surface area (Å²) in [5, 5.41) is 8.01. The fourth-order valence-electron chi connectivity index (χ4n) is 2.71. The van der Waals surface area contributed by atoms with Crippen LogP contribution in [0.3, 0.4) is 0 Å². The minimum Gasteiger partial charge on any atom is -0.363 e. The summed E-state index contributed by atoms with van der Waals surface area (Å²) in [5.74, 6) is 0.956. The number of nitrogens with one attached hydrogen (secondary N) is 1. The molecule has 3 rings (SSSR count). The van der Waals surface area contributed by atoms with Crippen LogP contribution in [0.2, 0.25) is 0 Å². The molecule has 0 saturated heterocycles. The van der Waals surface area contributed by atoms with Gasteiger partial charge in [0.2, 0.25) is 0 Å². The summed E-state index contributed by atoms with van der Waals surface area (Å²) in [6.07, 6.45) is 8.77. The molecule has 1 saturated carbocycles. The third-order valence-electron chi connectivity index (χ3n) is 3.64. The summed E-state index contributed by atoms with van der Waals surface area (Å²) in [6.45, 7) is 4.29. The zero-order valence-corrected chi connectivity index (χ0v) is 10.4. The van der Waals surface area contributed by atoms with Crippen molar-refractivity contribution in [2.45, 2.75) is 45.1 Å². The maximum Gasteiger partial charge on any atom is 0.152 e. The van der Waals surface area contributed by atoms with Gasteiger partial charge in [0.05, 0.1) is 5.69 Å². The largest absolute Gasteiger partial charge is 0.363 e. The quantitative estimate of drug-likeness (QED) is 0.862. The van der Waals surface area contributed by atoms with Crippen LogP contribution in [-0.2, 0) is 0 Å². The second-order valence-corrected chi connectivity index (χ2v) is 5.28. The van der Waals surface area contributed by atoms with Crippen molar-refractivity contribution in [1.82, 2.24) is 14.6 Å². The molecule has 90 valence electrons. The minimum absolute atomic E-state index is 0.201. The van der Waals surface area contributed by atoms with Gasteiger partial charge < -0.3 is 5.32 Å². The number of hydrogen-bond acceptors (Lipinski definition) is 3. The third-order valence-corrected chi connectivity index (χ3v) is 3.64. The molecule has 0 unspecified atom stereocenters. The number of anilines is 1. The van der Waals surface area contributed by atoms with Crippen LogP contribution in [0, 0.1) is 6.92 Å². The first-order chi connectivity index (χ1) is 8.16. The van der Waals surface area contributed by atoms with Gasteiger partial charge in [-0.25, -0.2) is 9.50 Å². The highest BCUT2D eigenvalue weighted by atomic mass is 15.2. The van der Waals surface area contributed by atoms with Crippen molar-refractivity contribution in [2.24, 2.45) is 0 Å². The Labute approximate surface area is 101 Å². The Hall–Kier alpha value is -1.58. The number of nitrogens with zero attached hydrogens (tertiary/aromatic N) is 3. The maximum atomic E-state index is 4.46. The average Bonchev–Trinajstić information content (AvgIpc) is 2.85. The Morgan fingerprint density at radius 2 is 2.12 bits per heavy atom. The molecule has 2 aromatic rings. The van der Waals surface area contributed by atoms with Gasteiger partial charge in [-0.05, 0) is 32.8 Å². The standard InChI is InChI=1S/C13H18N4/c1-10-9-11-12(14-7-8-17(11)16-10)15-13(2)5-3-4-6-13/h7-9H,3-6H2,1-2H3,(H,14,15). The highest BCUT2D eigenvalue weighted by molar-refractivity contribution is 5.68. The van der Waals surface area contributed by atoms with E-state index < -0.39 is 0 Å². The summed E-state index contributed by atoms with van der Waals surface area (Å²) in [5.41, 5.74) is 2.29. The van der Waals surface area contributed by atoms with Crippen LogP contribution in [0.1, 0.15) is 38.3 Å². The van der Waals surface area contributed by atoms with E-state index in [1.807, 2.05) is 17.6 Å². The number of aromatic nitrogens is 3. The predicted molar refractivity (Wildman–Crippen MR) is 68.2 cm³/mol. The molecule has 0 amide bonds. The Morgan fingerprint density at radius 3 is 2.88 bits per heavy atom. The predicted octanol–water partition coefficient (Wildman–Crippen LogP) is 2.78. The van der Waals surface area contributed by atoms with Gasteiger partial charge in [0, 0.05) is 17.9 Å². The lowest BCUT2D eigenvalue weighted by atomic mass is 10.0. The fourth-order valence-corrected chi connectivity index (χ4v) is 2.71. The zero-order chi connectivity index (χ0) is 11.9. The van der Waals surface area contributed by atoms with Gasteiger partial charge in [-0.2, -0.15) is 5.10 Å². The first-order valence-electron chi connectivity index (χ1n) is 6.26. The van der Waals surface area contributed by atoms with Crippen molar-refractivity contribution >= 4 is 11.3 Å². The van der Waals surface area contributed by atoms with Crippen LogP contribution in [-0.4, -0.2) is 20.1 Å². The third kappa shape index (κ3) is 1.88. The first kappa shape index (κ1) is 10.6. The van der Waals surface area contributed by atoms with Gasteiger partial charge in [0.15, 0.2) is 5.82 Å². The first-order valence-corrected chi connectivity index (χ1v) is 6.26. The monoisotopic (exact) mass is 230 g/mol. The fraction of sp³-hybridized carbons (Fsp3) is 0.538. The van der Waals surface area contributed by atoms with Crippen LogP contribution >= 0.6 is 0 Å². The summed E-state index contributed by atoms with van der Waals surface area (Å²) < 4.78 is 1.89. The average molecular weight is 230 g/mol. The molecule has 0 aromatic carbocycles. The van der Waals surface area contributed by atoms with Crippen molar-refractivity contribution in [3.8, 4) is 0 Å². The van der Waals surface area contributed by atoms with Crippen molar-refractivity contribution in [2.75, 3.05) is 5.32 Å². The molecule has 2 heterocycles. The van der Waals surface area contributed by atoms with Crippen molar-refractivity contribution in [3.05, 3.63) is 24.2 Å². The molecule has 2 aromatic heterocycles. The molecular weight excluding hydrogens is 212 g/mol. The lowest BCUT2D eigenvalue weighted by Crippen LogP contribution is -2.31. The summed E-state index contributed by atoms with van der Waals surface area (Å²) in [7, 11) is 0. The second kappa shape index (κ2) is 3.72. The van der Waals surface area contributed by atoms with E-state index in [-0.39, 0.29) is 5.54 Å². The number of hydrogen-bond donors (Lipinski definition) is 1. The van der Waals surface area contributed by atoms with Crippen LogP contribution in [0.5, 0.6) is 0 Å². The van der Waals surface area contributed by atoms with Gasteiger partial charge in [0.25, 0.3) is 0 Å². The molecule has 0 bridgehead atoms. The van der Waals surface area contributed by atoms with E-state index >= 15 is 0 Å². The normalized spacial score (nSPS) is 18.7. The minimum atomic E-state index is 0.201. The van der Waals surface area contributed by atoms with E-state index in [0.29, 0.717) is 0 Å². The molecule has 1 fully saturated rings. The van der Waals surface area contributed by atoms with Crippen LogP contribution in [0.4, 0.5) is 5.82 Å². The second-order valence-electron chi connectivity index (χ2n) is 5.28. The van der Waals surface area contributed by atoms with Gasteiger partial charge in [-0.1, -0.05) is 12.8 Å². The molecule has 4 nitrogen and oxygen atoms in total. The van der Waals surface area contributed by atoms with E-state index in [1.54, 1.807) is 6.20 Å². The van der Waals surface area contributed by atoms with Crippen LogP contribution in [0.15, 0.2) is 18.5 Å². The Balaban J connectivity index is 1.99. The lowest BCUT2D eigenvalue weighted by molar-refractivity contribution is 0.531. The van der Waals surface area contributed by atoms with E-state index in [2.05, 4.69) is 28.4 Å². The van der Waals surface area contributed by atoms with Gasteiger partial charge >= 0.3 is 0 Å². The Kier molecular flexibility index (Phi) is 2.31. The molecular formula is C13H18N4. The van der Waals surface area contributed by atoms with Crippen LogP contribution < -0.4 is 5.32 Å². The zero-order valence-electron chi connectivity index (χ0n) is 10.4. The molecule has 4 heteroatoms. The number of rotatable bonds is 2. The van der Waals surface area contributed by atoms with Crippen molar-refractivity contribution in [1.29, 1.82) is 0 Å². The molecule has 1 N–H and O–H groups in total. The summed E-state index contributed by atoms with van der Waals surface area (Å²) in [6, 6.07) is 2.08. The van der Waals surface area contributed by atoms with Gasteiger partial charge in [0.1, 0.15) is 5.52 Å². The van der Waals surface area contributed by atoms with Crippen molar-refractivity contribution in [3.63, 3.8) is 0 Å². The maximum absolute atomic E-state index is 4.46. The molecule has 1 aliphatic carbocycles. The SMILES string of the molecule is Cc1cc2c(NC3(C)CCCC3)nccn2n1. The van der Waals surface area contributed by atoms with E-state index in [9.17, 15) is 0 Å². The molecule has 0 atom stereocenters. The number of fused-ring (bicyclic) bond motifs is 1. The highest BCUT2D eigenvalue weighted by Crippen LogP contribution is 2.33. The van der Waals surface area contributed by atoms with Gasteiger partial charge in [-0.3, -0.25) is 0 Å². The molecule has 17 heavy (non-hydrogen) atoms. The Bertz CT molecular complexity index is 537. The van der Waals surface area contributed by atoms with Crippen molar-refractivity contribution < 1.29 is 0 Å². The Morgan fingerprint density at radius 1 is 1.35 bits per heavy atom. The van der Waals surface area contributed by atoms with E-state index in [1.165, 1.54) is 25.7 Å². The number of aryl methyl sites for hydroxylation is 1. The summed E-state index contributed by atoms with van der Waals surface area (Å²) in [4.78, 5) is 4.46. The van der Waals surface area contributed by atoms with Crippen LogP contribution in [0.25, 0.3) is 5.52 Å². The molecule has 1 aliphatic rings. The molecule has 0 radical (unpaired) electrons. The smallest absolute Gasteiger partial charge is 0.152 e. The molecule has 0 spiro atoms. The molecule has 0 aliphatic heterocycles. The van der Waals surface area contributed by atoms with Gasteiger partial charge in [-0.15, -0.1) is 0 Å².